The molecule has 1 aliphatic heterocycles. The number of aromatic nitrogens is 2. The molecule has 1 aliphatic rings. The van der Waals surface area contributed by atoms with E-state index in [2.05, 4.69) is 22.6 Å². The molecule has 0 atom stereocenters. The normalized spacial score (nSPS) is 17.0. The lowest BCUT2D eigenvalue weighted by Crippen LogP contribution is -2.51. The molecule has 0 saturated carbocycles. The molecule has 26 heavy (non-hydrogen) atoms. The molecule has 0 aliphatic carbocycles. The van der Waals surface area contributed by atoms with Crippen LogP contribution in [0.1, 0.15) is 25.3 Å². The lowest BCUT2D eigenvalue weighted by molar-refractivity contribution is -0.151. The lowest BCUT2D eigenvalue weighted by Gasteiger charge is -2.39. The first kappa shape index (κ1) is 18.2. The second-order valence-corrected chi connectivity index (χ2v) is 6.92. The molecular formula is C20H25N3O3. The van der Waals surface area contributed by atoms with E-state index in [0.29, 0.717) is 32.5 Å². The summed E-state index contributed by atoms with van der Waals surface area (Å²) in [7, 11) is 0. The summed E-state index contributed by atoms with van der Waals surface area (Å²) < 4.78 is 7.44. The van der Waals surface area contributed by atoms with Crippen LogP contribution in [0.25, 0.3) is 0 Å². The zero-order valence-electron chi connectivity index (χ0n) is 15.1. The zero-order chi connectivity index (χ0) is 18.6. The van der Waals surface area contributed by atoms with Crippen molar-refractivity contribution in [3.8, 4) is 5.75 Å². The molecule has 1 saturated heterocycles. The van der Waals surface area contributed by atoms with Crippen molar-refractivity contribution in [3.63, 3.8) is 0 Å². The molecule has 3 rings (SSSR count). The Morgan fingerprint density at radius 2 is 2.04 bits per heavy atom. The molecule has 2 aromatic rings. The number of carbonyl (C=O) groups is 1. The Hall–Kier alpha value is -2.60. The van der Waals surface area contributed by atoms with Crippen molar-refractivity contribution in [1.29, 1.82) is 0 Å². The summed E-state index contributed by atoms with van der Waals surface area (Å²) in [6.45, 7) is 8.44. The second kappa shape index (κ2) is 7.74. The predicted octanol–water partition coefficient (Wildman–Crippen LogP) is 2.91. The molecule has 0 unspecified atom stereocenters. The van der Waals surface area contributed by atoms with Gasteiger partial charge < -0.3 is 9.84 Å². The number of hydrogen-bond donors (Lipinski definition) is 1. The van der Waals surface area contributed by atoms with Gasteiger partial charge in [-0.1, -0.05) is 24.8 Å². The van der Waals surface area contributed by atoms with Gasteiger partial charge in [-0.15, -0.1) is 0 Å². The second-order valence-electron chi connectivity index (χ2n) is 6.92. The van der Waals surface area contributed by atoms with Gasteiger partial charge in [-0.3, -0.25) is 9.58 Å². The van der Waals surface area contributed by atoms with Crippen LogP contribution in [0.2, 0.25) is 0 Å². The highest BCUT2D eigenvalue weighted by Gasteiger charge is 2.43. The third-order valence-corrected chi connectivity index (χ3v) is 4.86. The Balaban J connectivity index is 1.68. The number of hydrogen-bond acceptors (Lipinski definition) is 4. The maximum Gasteiger partial charge on any atom is 0.331 e. The third kappa shape index (κ3) is 3.80. The number of nitrogens with zero attached hydrogens (tertiary/aromatic N) is 3. The Labute approximate surface area is 153 Å². The quantitative estimate of drug-likeness (QED) is 0.774. The van der Waals surface area contributed by atoms with Crippen molar-refractivity contribution in [2.45, 2.75) is 31.8 Å². The van der Waals surface area contributed by atoms with Crippen molar-refractivity contribution in [2.75, 3.05) is 19.7 Å². The van der Waals surface area contributed by atoms with E-state index < -0.39 is 11.5 Å². The van der Waals surface area contributed by atoms with Crippen LogP contribution in [0.5, 0.6) is 5.75 Å². The number of ether oxygens (including phenoxy) is 1. The number of rotatable bonds is 7. The van der Waals surface area contributed by atoms with Gasteiger partial charge >= 0.3 is 5.97 Å². The smallest absolute Gasteiger partial charge is 0.331 e. The van der Waals surface area contributed by atoms with E-state index in [-0.39, 0.29) is 0 Å². The highest BCUT2D eigenvalue weighted by molar-refractivity contribution is 5.76. The standard InChI is InChI=1S/C20H25N3O3/c1-16(2)15-26-18-7-4-3-6-17(18)14-22-12-8-20(9-13-22,19(24)25)23-11-5-10-21-23/h3-7,10-11H,1,8-9,12-15H2,2H3,(H,24,25). The summed E-state index contributed by atoms with van der Waals surface area (Å²) in [6, 6.07) is 9.75. The highest BCUT2D eigenvalue weighted by atomic mass is 16.5. The molecule has 6 heteroatoms. The number of carboxylic acids is 1. The number of para-hydroxylation sites is 1. The van der Waals surface area contributed by atoms with Crippen molar-refractivity contribution in [1.82, 2.24) is 14.7 Å². The number of benzene rings is 1. The summed E-state index contributed by atoms with van der Waals surface area (Å²) in [5.74, 6) is 0.0451. The molecule has 0 bridgehead atoms. The van der Waals surface area contributed by atoms with Gasteiger partial charge in [0.1, 0.15) is 12.4 Å². The first-order chi connectivity index (χ1) is 12.5. The predicted molar refractivity (Wildman–Crippen MR) is 99.1 cm³/mol. The van der Waals surface area contributed by atoms with Gasteiger partial charge in [0.15, 0.2) is 5.54 Å². The van der Waals surface area contributed by atoms with Crippen LogP contribution in [0.3, 0.4) is 0 Å². The summed E-state index contributed by atoms with van der Waals surface area (Å²) >= 11 is 0. The fraction of sp³-hybridized carbons (Fsp3) is 0.400. The minimum absolute atomic E-state index is 0.498. The van der Waals surface area contributed by atoms with E-state index in [4.69, 9.17) is 4.74 Å². The van der Waals surface area contributed by atoms with Gasteiger partial charge in [-0.05, 0) is 37.5 Å². The van der Waals surface area contributed by atoms with Crippen LogP contribution in [0.4, 0.5) is 0 Å². The Bertz CT molecular complexity index is 762. The minimum Gasteiger partial charge on any atom is -0.489 e. The van der Waals surface area contributed by atoms with Gasteiger partial charge in [-0.2, -0.15) is 5.10 Å². The van der Waals surface area contributed by atoms with E-state index in [1.165, 1.54) is 0 Å². The first-order valence-electron chi connectivity index (χ1n) is 8.82. The van der Waals surface area contributed by atoms with Crippen molar-refractivity contribution >= 4 is 5.97 Å². The molecule has 1 aromatic heterocycles. The van der Waals surface area contributed by atoms with E-state index in [9.17, 15) is 9.90 Å². The van der Waals surface area contributed by atoms with Gasteiger partial charge in [-0.25, -0.2) is 4.79 Å². The summed E-state index contributed by atoms with van der Waals surface area (Å²) in [5.41, 5.74) is 1.13. The van der Waals surface area contributed by atoms with E-state index in [1.54, 1.807) is 23.1 Å². The van der Waals surface area contributed by atoms with Crippen LogP contribution in [-0.2, 0) is 16.9 Å². The maximum atomic E-state index is 11.9. The van der Waals surface area contributed by atoms with Crippen LogP contribution in [-0.4, -0.2) is 45.5 Å². The molecule has 1 fully saturated rings. The fourth-order valence-corrected chi connectivity index (χ4v) is 3.36. The van der Waals surface area contributed by atoms with E-state index in [1.807, 2.05) is 25.1 Å². The molecule has 1 N–H and O–H groups in total. The highest BCUT2D eigenvalue weighted by Crippen LogP contribution is 2.31. The molecule has 0 spiro atoms. The lowest BCUT2D eigenvalue weighted by atomic mass is 9.87. The van der Waals surface area contributed by atoms with Gasteiger partial charge in [0.2, 0.25) is 0 Å². The largest absolute Gasteiger partial charge is 0.489 e. The van der Waals surface area contributed by atoms with Crippen LogP contribution in [0.15, 0.2) is 54.9 Å². The van der Waals surface area contributed by atoms with Gasteiger partial charge in [0.05, 0.1) is 0 Å². The summed E-state index contributed by atoms with van der Waals surface area (Å²) in [4.78, 5) is 14.2. The Morgan fingerprint density at radius 1 is 1.31 bits per heavy atom. The average molecular weight is 355 g/mol. The minimum atomic E-state index is -0.948. The van der Waals surface area contributed by atoms with Crippen molar-refractivity contribution in [2.24, 2.45) is 0 Å². The Morgan fingerprint density at radius 3 is 2.65 bits per heavy atom. The van der Waals surface area contributed by atoms with E-state index >= 15 is 0 Å². The SMILES string of the molecule is C=C(C)COc1ccccc1CN1CCC(C(=O)O)(n2cccn2)CC1. The fourth-order valence-electron chi connectivity index (χ4n) is 3.36. The topological polar surface area (TPSA) is 67.6 Å². The third-order valence-electron chi connectivity index (χ3n) is 4.86. The van der Waals surface area contributed by atoms with Crippen LogP contribution in [0, 0.1) is 0 Å². The number of carboxylic acid groups (broad SMARTS) is 1. The first-order valence-corrected chi connectivity index (χ1v) is 8.82. The number of piperidine rings is 1. The molecule has 6 nitrogen and oxygen atoms in total. The average Bonchev–Trinajstić information content (AvgIpc) is 3.16. The maximum absolute atomic E-state index is 11.9. The summed E-state index contributed by atoms with van der Waals surface area (Å²) in [5, 5.41) is 14.0. The number of aliphatic carboxylic acids is 1. The van der Waals surface area contributed by atoms with Crippen LogP contribution < -0.4 is 4.74 Å². The van der Waals surface area contributed by atoms with Gasteiger partial charge in [0, 0.05) is 37.6 Å². The van der Waals surface area contributed by atoms with E-state index in [0.717, 1.165) is 23.4 Å². The van der Waals surface area contributed by atoms with Gasteiger partial charge in [0.25, 0.3) is 0 Å². The molecule has 2 heterocycles. The molecule has 0 radical (unpaired) electrons. The number of likely N-dealkylation sites (tertiary alicyclic amines) is 1. The molecule has 1 aromatic carbocycles. The van der Waals surface area contributed by atoms with Crippen LogP contribution >= 0.6 is 0 Å². The summed E-state index contributed by atoms with van der Waals surface area (Å²) in [6.07, 6.45) is 4.42. The monoisotopic (exact) mass is 355 g/mol. The zero-order valence-corrected chi connectivity index (χ0v) is 15.1. The van der Waals surface area contributed by atoms with Crippen molar-refractivity contribution in [3.05, 3.63) is 60.4 Å². The molecule has 138 valence electrons. The van der Waals surface area contributed by atoms with Crippen molar-refractivity contribution < 1.29 is 14.6 Å². The Kier molecular flexibility index (Phi) is 5.42. The molecular weight excluding hydrogens is 330 g/mol. The molecule has 0 amide bonds.